The number of carboxylic acid groups (broad SMARTS) is 1. The lowest BCUT2D eigenvalue weighted by atomic mass is 9.82. The Labute approximate surface area is 170 Å². The van der Waals surface area contributed by atoms with Crippen molar-refractivity contribution in [1.29, 1.82) is 0 Å². The third-order valence-corrected chi connectivity index (χ3v) is 7.22. The van der Waals surface area contributed by atoms with E-state index in [1.54, 1.807) is 7.11 Å². The van der Waals surface area contributed by atoms with Crippen molar-refractivity contribution in [1.82, 2.24) is 0 Å². The van der Waals surface area contributed by atoms with Crippen molar-refractivity contribution < 1.29 is 24.9 Å². The van der Waals surface area contributed by atoms with E-state index < -0.39 is 5.97 Å². The summed E-state index contributed by atoms with van der Waals surface area (Å²) in [4.78, 5) is 10.6. The number of rotatable bonds is 12. The minimum absolute atomic E-state index is 0.0911. The number of carboxylic acids is 1. The molecule has 0 spiro atoms. The average Bonchev–Trinajstić information content (AvgIpc) is 2.84. The Morgan fingerprint density at radius 2 is 1.68 bits per heavy atom. The number of hydrogen-bond donors (Lipinski definition) is 3. The number of hydrogen-bond acceptors (Lipinski definition) is 4. The van der Waals surface area contributed by atoms with Crippen LogP contribution in [0.2, 0.25) is 0 Å². The minimum atomic E-state index is -0.721. The second kappa shape index (κ2) is 12.8. The van der Waals surface area contributed by atoms with Crippen LogP contribution in [0.4, 0.5) is 0 Å². The molecule has 3 N–H and O–H groups in total. The molecule has 0 amide bonds. The van der Waals surface area contributed by atoms with Gasteiger partial charge in [0.1, 0.15) is 0 Å². The normalized spacial score (nSPS) is 30.2. The number of carbonyl (C=O) groups is 1. The third-order valence-electron chi connectivity index (χ3n) is 7.22. The maximum Gasteiger partial charge on any atom is 0.303 e. The molecular weight excluding hydrogens is 356 g/mol. The molecule has 0 radical (unpaired) electrons. The van der Waals surface area contributed by atoms with Crippen LogP contribution in [0.1, 0.15) is 96.3 Å². The highest BCUT2D eigenvalue weighted by Gasteiger charge is 2.42. The molecule has 2 aliphatic carbocycles. The van der Waals surface area contributed by atoms with Crippen molar-refractivity contribution in [3.05, 3.63) is 0 Å². The Morgan fingerprint density at radius 1 is 1.00 bits per heavy atom. The van der Waals surface area contributed by atoms with Gasteiger partial charge < -0.3 is 20.1 Å². The van der Waals surface area contributed by atoms with Crippen LogP contribution >= 0.6 is 0 Å². The van der Waals surface area contributed by atoms with Gasteiger partial charge in [0.05, 0.1) is 18.3 Å². The highest BCUT2D eigenvalue weighted by atomic mass is 16.5. The average molecular weight is 399 g/mol. The van der Waals surface area contributed by atoms with Gasteiger partial charge in [0.2, 0.25) is 0 Å². The van der Waals surface area contributed by atoms with E-state index in [2.05, 4.69) is 0 Å². The molecule has 2 rings (SSSR count). The van der Waals surface area contributed by atoms with Crippen LogP contribution in [-0.2, 0) is 9.53 Å². The second-order valence-corrected chi connectivity index (χ2v) is 9.15. The first-order chi connectivity index (χ1) is 13.5. The summed E-state index contributed by atoms with van der Waals surface area (Å²) in [6.07, 6.45) is 14.3. The zero-order valence-electron chi connectivity index (χ0n) is 17.7. The SMILES string of the molecule is CO[C@@H]1C[C@H](O)[C@H](CCCCCCC(=O)O)[C@H]1CCC(O)C1CCCCCC1. The highest BCUT2D eigenvalue weighted by Crippen LogP contribution is 2.41. The lowest BCUT2D eigenvalue weighted by molar-refractivity contribution is -0.137. The fraction of sp³-hybridized carbons (Fsp3) is 0.957. The van der Waals surface area contributed by atoms with Crippen molar-refractivity contribution >= 4 is 5.97 Å². The maximum absolute atomic E-state index is 10.7. The number of aliphatic carboxylic acids is 1. The number of methoxy groups -OCH3 is 1. The molecule has 1 unspecified atom stereocenters. The summed E-state index contributed by atoms with van der Waals surface area (Å²) in [6.45, 7) is 0. The van der Waals surface area contributed by atoms with Crippen LogP contribution in [0.5, 0.6) is 0 Å². The van der Waals surface area contributed by atoms with Gasteiger partial charge >= 0.3 is 5.97 Å². The van der Waals surface area contributed by atoms with Crippen molar-refractivity contribution in [3.63, 3.8) is 0 Å². The fourth-order valence-electron chi connectivity index (χ4n) is 5.53. The molecule has 5 nitrogen and oxygen atoms in total. The van der Waals surface area contributed by atoms with Gasteiger partial charge in [0.15, 0.2) is 0 Å². The zero-order chi connectivity index (χ0) is 20.4. The molecule has 0 aromatic rings. The third kappa shape index (κ3) is 7.64. The van der Waals surface area contributed by atoms with E-state index in [9.17, 15) is 15.0 Å². The lowest BCUT2D eigenvalue weighted by Crippen LogP contribution is -2.27. The molecule has 2 aliphatic rings. The topological polar surface area (TPSA) is 87.0 Å². The quantitative estimate of drug-likeness (QED) is 0.332. The smallest absolute Gasteiger partial charge is 0.303 e. The molecule has 0 heterocycles. The van der Waals surface area contributed by atoms with Gasteiger partial charge in [-0.2, -0.15) is 0 Å². The summed E-state index contributed by atoms with van der Waals surface area (Å²) in [6, 6.07) is 0. The van der Waals surface area contributed by atoms with Crippen molar-refractivity contribution in [3.8, 4) is 0 Å². The van der Waals surface area contributed by atoms with Crippen molar-refractivity contribution in [2.75, 3.05) is 7.11 Å². The zero-order valence-corrected chi connectivity index (χ0v) is 17.7. The van der Waals surface area contributed by atoms with Gasteiger partial charge in [0, 0.05) is 20.0 Å². The maximum atomic E-state index is 10.7. The highest BCUT2D eigenvalue weighted by molar-refractivity contribution is 5.66. The van der Waals surface area contributed by atoms with Gasteiger partial charge in [-0.05, 0) is 56.3 Å². The first-order valence-corrected chi connectivity index (χ1v) is 11.6. The summed E-state index contributed by atoms with van der Waals surface area (Å²) < 4.78 is 5.69. The standard InChI is InChI=1S/C23H42O5/c1-28-22-16-21(25)18(12-8-4-5-9-13-23(26)27)19(22)14-15-20(24)17-10-6-2-3-7-11-17/h17-22,24-25H,2-16H2,1H3,(H,26,27)/t18-,19-,20?,21+,22-/m1/s1. The van der Waals surface area contributed by atoms with E-state index in [-0.39, 0.29) is 30.7 Å². The molecule has 5 atom stereocenters. The van der Waals surface area contributed by atoms with Gasteiger partial charge in [-0.3, -0.25) is 4.79 Å². The lowest BCUT2D eigenvalue weighted by Gasteiger charge is -2.28. The Hall–Kier alpha value is -0.650. The van der Waals surface area contributed by atoms with Gasteiger partial charge in [-0.25, -0.2) is 0 Å². The Morgan fingerprint density at radius 3 is 2.32 bits per heavy atom. The van der Waals surface area contributed by atoms with Crippen LogP contribution in [0.25, 0.3) is 0 Å². The molecule has 2 saturated carbocycles. The van der Waals surface area contributed by atoms with E-state index in [4.69, 9.17) is 9.84 Å². The molecule has 0 aromatic heterocycles. The molecule has 0 bridgehead atoms. The van der Waals surface area contributed by atoms with E-state index in [0.29, 0.717) is 18.3 Å². The van der Waals surface area contributed by atoms with Crippen molar-refractivity contribution in [2.24, 2.45) is 17.8 Å². The summed E-state index contributed by atoms with van der Waals surface area (Å²) in [5.74, 6) is 0.286. The summed E-state index contributed by atoms with van der Waals surface area (Å²) in [7, 11) is 1.74. The summed E-state index contributed by atoms with van der Waals surface area (Å²) >= 11 is 0. The van der Waals surface area contributed by atoms with Crippen LogP contribution in [0, 0.1) is 17.8 Å². The van der Waals surface area contributed by atoms with Gasteiger partial charge in [-0.1, -0.05) is 44.9 Å². The Kier molecular flexibility index (Phi) is 10.8. The molecule has 5 heteroatoms. The molecule has 0 aromatic carbocycles. The number of ether oxygens (including phenoxy) is 1. The second-order valence-electron chi connectivity index (χ2n) is 9.15. The Bertz CT molecular complexity index is 433. The largest absolute Gasteiger partial charge is 0.481 e. The van der Waals surface area contributed by atoms with Crippen LogP contribution < -0.4 is 0 Å². The molecule has 164 valence electrons. The molecule has 2 fully saturated rings. The van der Waals surface area contributed by atoms with E-state index in [1.165, 1.54) is 25.7 Å². The predicted molar refractivity (Wildman–Crippen MR) is 110 cm³/mol. The van der Waals surface area contributed by atoms with E-state index >= 15 is 0 Å². The monoisotopic (exact) mass is 398 g/mol. The van der Waals surface area contributed by atoms with E-state index in [1.807, 2.05) is 0 Å². The molecule has 0 aliphatic heterocycles. The van der Waals surface area contributed by atoms with Crippen molar-refractivity contribution in [2.45, 2.75) is 115 Å². The van der Waals surface area contributed by atoms with Crippen LogP contribution in [0.3, 0.4) is 0 Å². The molecular formula is C23H42O5. The Balaban J connectivity index is 1.77. The summed E-state index contributed by atoms with van der Waals surface area (Å²) in [5.41, 5.74) is 0. The fourth-order valence-corrected chi connectivity index (χ4v) is 5.53. The number of unbranched alkanes of at least 4 members (excludes halogenated alkanes) is 3. The minimum Gasteiger partial charge on any atom is -0.481 e. The van der Waals surface area contributed by atoms with Crippen LogP contribution in [0.15, 0.2) is 0 Å². The molecule has 28 heavy (non-hydrogen) atoms. The number of aliphatic hydroxyl groups is 2. The van der Waals surface area contributed by atoms with E-state index in [0.717, 1.165) is 57.8 Å². The van der Waals surface area contributed by atoms with Gasteiger partial charge in [-0.15, -0.1) is 0 Å². The van der Waals surface area contributed by atoms with Crippen LogP contribution in [-0.4, -0.2) is 46.7 Å². The first kappa shape index (κ1) is 23.6. The first-order valence-electron chi connectivity index (χ1n) is 11.6. The summed E-state index contributed by atoms with van der Waals surface area (Å²) in [5, 5.41) is 30.0. The molecule has 0 saturated heterocycles. The predicted octanol–water partition coefficient (Wildman–Crippen LogP) is 4.54. The van der Waals surface area contributed by atoms with Gasteiger partial charge in [0.25, 0.3) is 0 Å². The number of aliphatic hydroxyl groups excluding tert-OH is 2.